The molecule has 0 spiro atoms. The molecule has 0 bridgehead atoms. The highest BCUT2D eigenvalue weighted by molar-refractivity contribution is 7.87. The molecule has 1 saturated heterocycles. The molecule has 1 saturated carbocycles. The van der Waals surface area contributed by atoms with Gasteiger partial charge in [-0.2, -0.15) is 29.7 Å². The first-order chi connectivity index (χ1) is 8.04. The highest BCUT2D eigenvalue weighted by Gasteiger charge is 2.44. The Balaban J connectivity index is 2.03. The van der Waals surface area contributed by atoms with Crippen LogP contribution in [0.3, 0.4) is 0 Å². The van der Waals surface area contributed by atoms with Gasteiger partial charge in [-0.05, 0) is 30.4 Å². The Morgan fingerprint density at radius 2 is 1.88 bits per heavy atom. The SMILES string of the molecule is CCCN1CCN(CC2(CS)CCC2)S1(=O)=O. The second-order valence-electron chi connectivity index (χ2n) is 5.25. The van der Waals surface area contributed by atoms with Gasteiger partial charge in [-0.1, -0.05) is 13.3 Å². The van der Waals surface area contributed by atoms with Gasteiger partial charge in [0.1, 0.15) is 0 Å². The third-order valence-electron chi connectivity index (χ3n) is 3.99. The van der Waals surface area contributed by atoms with Gasteiger partial charge in [0, 0.05) is 26.2 Å². The number of nitrogens with zero attached hydrogens (tertiary/aromatic N) is 2. The van der Waals surface area contributed by atoms with Crippen molar-refractivity contribution in [2.75, 3.05) is 31.9 Å². The van der Waals surface area contributed by atoms with Crippen molar-refractivity contribution in [3.05, 3.63) is 0 Å². The molecule has 0 atom stereocenters. The van der Waals surface area contributed by atoms with Gasteiger partial charge in [-0.15, -0.1) is 0 Å². The van der Waals surface area contributed by atoms with Crippen LogP contribution in [0.2, 0.25) is 0 Å². The Morgan fingerprint density at radius 3 is 2.35 bits per heavy atom. The van der Waals surface area contributed by atoms with E-state index in [2.05, 4.69) is 12.6 Å². The molecule has 0 amide bonds. The van der Waals surface area contributed by atoms with Crippen molar-refractivity contribution in [1.29, 1.82) is 0 Å². The van der Waals surface area contributed by atoms with Gasteiger partial charge in [-0.3, -0.25) is 0 Å². The van der Waals surface area contributed by atoms with E-state index in [-0.39, 0.29) is 5.41 Å². The molecule has 1 aliphatic carbocycles. The Bertz CT molecular complexity index is 360. The van der Waals surface area contributed by atoms with Crippen molar-refractivity contribution in [2.24, 2.45) is 5.41 Å². The fraction of sp³-hybridized carbons (Fsp3) is 1.00. The minimum Gasteiger partial charge on any atom is -0.195 e. The molecule has 2 aliphatic rings. The van der Waals surface area contributed by atoms with Crippen LogP contribution in [0.25, 0.3) is 0 Å². The average molecular weight is 278 g/mol. The maximum atomic E-state index is 12.2. The lowest BCUT2D eigenvalue weighted by Gasteiger charge is -2.42. The predicted octanol–water partition coefficient (Wildman–Crippen LogP) is 1.36. The first kappa shape index (κ1) is 13.6. The summed E-state index contributed by atoms with van der Waals surface area (Å²) in [5.41, 5.74) is 0.151. The smallest absolute Gasteiger partial charge is 0.195 e. The van der Waals surface area contributed by atoms with Gasteiger partial charge in [0.25, 0.3) is 10.2 Å². The maximum Gasteiger partial charge on any atom is 0.282 e. The van der Waals surface area contributed by atoms with E-state index in [0.717, 1.165) is 25.0 Å². The van der Waals surface area contributed by atoms with Crippen LogP contribution in [0.5, 0.6) is 0 Å². The minimum atomic E-state index is -3.18. The molecule has 1 aliphatic heterocycles. The van der Waals surface area contributed by atoms with Gasteiger partial charge < -0.3 is 0 Å². The minimum absolute atomic E-state index is 0.151. The van der Waals surface area contributed by atoms with Crippen LogP contribution in [0.4, 0.5) is 0 Å². The van der Waals surface area contributed by atoms with Crippen LogP contribution in [0.15, 0.2) is 0 Å². The largest absolute Gasteiger partial charge is 0.282 e. The monoisotopic (exact) mass is 278 g/mol. The molecule has 0 radical (unpaired) electrons. The van der Waals surface area contributed by atoms with Crippen molar-refractivity contribution in [3.63, 3.8) is 0 Å². The van der Waals surface area contributed by atoms with Gasteiger partial charge in [0.05, 0.1) is 0 Å². The van der Waals surface area contributed by atoms with E-state index in [9.17, 15) is 8.42 Å². The van der Waals surface area contributed by atoms with Gasteiger partial charge in [0.2, 0.25) is 0 Å². The van der Waals surface area contributed by atoms with Crippen LogP contribution in [0.1, 0.15) is 32.6 Å². The van der Waals surface area contributed by atoms with Crippen molar-refractivity contribution in [3.8, 4) is 0 Å². The van der Waals surface area contributed by atoms with E-state index >= 15 is 0 Å². The van der Waals surface area contributed by atoms with E-state index < -0.39 is 10.2 Å². The number of hydrogen-bond donors (Lipinski definition) is 1. The van der Waals surface area contributed by atoms with Crippen LogP contribution in [-0.4, -0.2) is 49.0 Å². The maximum absolute atomic E-state index is 12.2. The first-order valence-electron chi connectivity index (χ1n) is 6.40. The molecule has 0 N–H and O–H groups in total. The molecule has 6 heteroatoms. The summed E-state index contributed by atoms with van der Waals surface area (Å²) in [6.45, 7) is 4.63. The van der Waals surface area contributed by atoms with Crippen LogP contribution >= 0.6 is 12.6 Å². The fourth-order valence-electron chi connectivity index (χ4n) is 2.67. The van der Waals surface area contributed by atoms with Crippen LogP contribution in [0, 0.1) is 5.41 Å². The molecule has 17 heavy (non-hydrogen) atoms. The number of thiol groups is 1. The highest BCUT2D eigenvalue weighted by atomic mass is 32.2. The molecule has 2 rings (SSSR count). The summed E-state index contributed by atoms with van der Waals surface area (Å²) in [6, 6.07) is 0. The Morgan fingerprint density at radius 1 is 1.24 bits per heavy atom. The lowest BCUT2D eigenvalue weighted by molar-refractivity contribution is 0.134. The van der Waals surface area contributed by atoms with Crippen molar-refractivity contribution in [2.45, 2.75) is 32.6 Å². The Kier molecular flexibility index (Phi) is 4.07. The molecule has 1 heterocycles. The second kappa shape index (κ2) is 5.07. The molecule has 0 aromatic heterocycles. The standard InChI is InChI=1S/C11H22N2O2S2/c1-2-6-12-7-8-13(17(12,14)15)9-11(10-16)4-3-5-11/h16H,2-10H2,1H3. The average Bonchev–Trinajstić information content (AvgIpc) is 2.50. The molecule has 0 aromatic rings. The van der Waals surface area contributed by atoms with Crippen molar-refractivity contribution < 1.29 is 8.42 Å². The summed E-state index contributed by atoms with van der Waals surface area (Å²) in [5.74, 6) is 0.798. The molecule has 0 aromatic carbocycles. The van der Waals surface area contributed by atoms with Gasteiger partial charge in [-0.25, -0.2) is 0 Å². The van der Waals surface area contributed by atoms with E-state index in [0.29, 0.717) is 26.2 Å². The quantitative estimate of drug-likeness (QED) is 0.772. The van der Waals surface area contributed by atoms with Crippen molar-refractivity contribution >= 4 is 22.8 Å². The van der Waals surface area contributed by atoms with E-state index in [4.69, 9.17) is 0 Å². The lowest BCUT2D eigenvalue weighted by Crippen LogP contribution is -2.45. The van der Waals surface area contributed by atoms with Crippen molar-refractivity contribution in [1.82, 2.24) is 8.61 Å². The van der Waals surface area contributed by atoms with Gasteiger partial charge in [0.15, 0.2) is 0 Å². The summed E-state index contributed by atoms with van der Waals surface area (Å²) in [5, 5.41) is 0. The molecular formula is C11H22N2O2S2. The summed E-state index contributed by atoms with van der Waals surface area (Å²) < 4.78 is 27.8. The second-order valence-corrected chi connectivity index (χ2v) is 7.50. The number of rotatable bonds is 5. The van der Waals surface area contributed by atoms with Gasteiger partial charge >= 0.3 is 0 Å². The highest BCUT2D eigenvalue weighted by Crippen LogP contribution is 2.43. The summed E-state index contributed by atoms with van der Waals surface area (Å²) in [6.07, 6.45) is 4.34. The van der Waals surface area contributed by atoms with Crippen LogP contribution < -0.4 is 0 Å². The van der Waals surface area contributed by atoms with Crippen LogP contribution in [-0.2, 0) is 10.2 Å². The zero-order valence-corrected chi connectivity index (χ0v) is 12.1. The molecular weight excluding hydrogens is 256 g/mol. The molecule has 4 nitrogen and oxygen atoms in total. The third-order valence-corrected chi connectivity index (χ3v) is 6.64. The summed E-state index contributed by atoms with van der Waals surface area (Å²) >= 11 is 4.39. The van der Waals surface area contributed by atoms with E-state index in [1.54, 1.807) is 8.61 Å². The third kappa shape index (κ3) is 2.50. The normalized spacial score (nSPS) is 28.1. The lowest BCUT2D eigenvalue weighted by atomic mass is 9.70. The summed E-state index contributed by atoms with van der Waals surface area (Å²) in [7, 11) is -3.18. The molecule has 100 valence electrons. The molecule has 2 fully saturated rings. The predicted molar refractivity (Wildman–Crippen MR) is 72.5 cm³/mol. The Hall–Kier alpha value is 0.220. The number of hydrogen-bond acceptors (Lipinski definition) is 3. The zero-order valence-electron chi connectivity index (χ0n) is 10.4. The Labute approximate surface area is 110 Å². The zero-order chi connectivity index (χ0) is 12.5. The fourth-order valence-corrected chi connectivity index (χ4v) is 4.89. The molecule has 0 unspecified atom stereocenters. The first-order valence-corrected chi connectivity index (χ1v) is 8.43. The summed E-state index contributed by atoms with van der Waals surface area (Å²) in [4.78, 5) is 0. The van der Waals surface area contributed by atoms with E-state index in [1.807, 2.05) is 6.92 Å². The topological polar surface area (TPSA) is 40.6 Å². The van der Waals surface area contributed by atoms with E-state index in [1.165, 1.54) is 6.42 Å².